The van der Waals surface area contributed by atoms with Crippen LogP contribution in [0.3, 0.4) is 0 Å². The average Bonchev–Trinajstić information content (AvgIpc) is 2.49. The maximum absolute atomic E-state index is 13.2. The summed E-state index contributed by atoms with van der Waals surface area (Å²) in [5.41, 5.74) is 2.57. The molecule has 1 saturated heterocycles. The highest BCUT2D eigenvalue weighted by atomic mass is 32.1. The molecule has 0 amide bonds. The third kappa shape index (κ3) is 2.27. The maximum Gasteiger partial charge on any atom is 0.188 e. The van der Waals surface area contributed by atoms with Crippen molar-refractivity contribution in [2.45, 2.75) is 32.0 Å². The molecule has 2 heterocycles. The fourth-order valence-corrected chi connectivity index (χ4v) is 3.92. The molecular weight excluding hydrogens is 311 g/mol. The molecule has 1 fully saturated rings. The second-order valence-electron chi connectivity index (χ2n) is 6.34. The maximum atomic E-state index is 13.2. The largest absolute Gasteiger partial charge is 0.467 e. The van der Waals surface area contributed by atoms with Crippen LogP contribution in [0.5, 0.6) is 5.75 Å². The van der Waals surface area contributed by atoms with Crippen LogP contribution in [0.2, 0.25) is 0 Å². The van der Waals surface area contributed by atoms with Gasteiger partial charge in [0.2, 0.25) is 0 Å². The van der Waals surface area contributed by atoms with Gasteiger partial charge in [-0.2, -0.15) is 0 Å². The van der Waals surface area contributed by atoms with Crippen molar-refractivity contribution in [2.75, 3.05) is 4.90 Å². The molecule has 0 unspecified atom stereocenters. The summed E-state index contributed by atoms with van der Waals surface area (Å²) in [6, 6.07) is 12.7. The van der Waals surface area contributed by atoms with Gasteiger partial charge in [0, 0.05) is 17.7 Å². The van der Waals surface area contributed by atoms with E-state index in [9.17, 15) is 4.39 Å². The van der Waals surface area contributed by atoms with E-state index in [0.29, 0.717) is 5.11 Å². The zero-order valence-electron chi connectivity index (χ0n) is 13.0. The molecule has 0 spiro atoms. The van der Waals surface area contributed by atoms with Crippen molar-refractivity contribution in [3.05, 3.63) is 59.4 Å². The Morgan fingerprint density at radius 3 is 2.74 bits per heavy atom. The lowest BCUT2D eigenvalue weighted by atomic mass is 9.89. The van der Waals surface area contributed by atoms with Gasteiger partial charge in [-0.05, 0) is 56.4 Å². The van der Waals surface area contributed by atoms with Gasteiger partial charge in [-0.3, -0.25) is 4.90 Å². The third-order valence-corrected chi connectivity index (χ3v) is 4.81. The number of thiocarbonyl (C=S) groups is 1. The van der Waals surface area contributed by atoms with E-state index in [-0.39, 0.29) is 11.9 Å². The summed E-state index contributed by atoms with van der Waals surface area (Å²) in [5.74, 6) is 0.606. The molecule has 2 bridgehead atoms. The van der Waals surface area contributed by atoms with Crippen LogP contribution >= 0.6 is 12.2 Å². The number of nitrogens with one attached hydrogen (secondary N) is 1. The molecule has 2 aliphatic rings. The zero-order valence-corrected chi connectivity index (χ0v) is 13.8. The molecule has 2 atom stereocenters. The zero-order chi connectivity index (χ0) is 16.2. The van der Waals surface area contributed by atoms with Crippen molar-refractivity contribution in [1.82, 2.24) is 5.32 Å². The first-order valence-electron chi connectivity index (χ1n) is 7.62. The minimum absolute atomic E-state index is 0.132. The lowest BCUT2D eigenvalue weighted by molar-refractivity contribution is 0.0497. The molecular formula is C18H17FN2OS. The second kappa shape index (κ2) is 4.93. The normalized spacial score (nSPS) is 25.4. The number of ether oxygens (including phenoxy) is 1. The van der Waals surface area contributed by atoms with Gasteiger partial charge in [-0.15, -0.1) is 0 Å². The molecule has 0 aromatic heterocycles. The number of anilines is 1. The standard InChI is InChI=1S/C18H17FN2OS/c1-11-3-8-16-14(9-11)15-10-18(2,22-16)21(17(23)20-15)13-6-4-12(19)5-7-13/h3-9,15H,10H2,1-2H3,(H,20,23)/t15-,18-/m1/s1. The predicted molar refractivity (Wildman–Crippen MR) is 92.2 cm³/mol. The minimum Gasteiger partial charge on any atom is -0.467 e. The number of hydrogen-bond acceptors (Lipinski definition) is 2. The van der Waals surface area contributed by atoms with E-state index in [1.165, 1.54) is 17.7 Å². The molecule has 1 N–H and O–H groups in total. The SMILES string of the molecule is Cc1ccc2c(c1)[C@H]1C[C@@](C)(O2)N(c2ccc(F)cc2)C(=S)N1. The van der Waals surface area contributed by atoms with Gasteiger partial charge in [-0.25, -0.2) is 4.39 Å². The van der Waals surface area contributed by atoms with Crippen LogP contribution in [0.15, 0.2) is 42.5 Å². The average molecular weight is 328 g/mol. The van der Waals surface area contributed by atoms with Gasteiger partial charge >= 0.3 is 0 Å². The van der Waals surface area contributed by atoms with E-state index >= 15 is 0 Å². The van der Waals surface area contributed by atoms with Crippen LogP contribution in [0.1, 0.15) is 30.5 Å². The minimum atomic E-state index is -0.590. The Morgan fingerprint density at radius 2 is 2.00 bits per heavy atom. The van der Waals surface area contributed by atoms with Crippen molar-refractivity contribution in [1.29, 1.82) is 0 Å². The Labute approximate surface area is 140 Å². The van der Waals surface area contributed by atoms with E-state index in [1.807, 2.05) is 24.0 Å². The highest BCUT2D eigenvalue weighted by molar-refractivity contribution is 7.80. The van der Waals surface area contributed by atoms with Gasteiger partial charge in [0.05, 0.1) is 6.04 Å². The fraction of sp³-hybridized carbons (Fsp3) is 0.278. The number of nitrogens with zero attached hydrogens (tertiary/aromatic N) is 1. The van der Waals surface area contributed by atoms with E-state index < -0.39 is 5.72 Å². The molecule has 2 aromatic rings. The quantitative estimate of drug-likeness (QED) is 0.798. The van der Waals surface area contributed by atoms with E-state index in [0.717, 1.165) is 23.4 Å². The number of rotatable bonds is 1. The molecule has 0 saturated carbocycles. The van der Waals surface area contributed by atoms with Gasteiger partial charge in [0.15, 0.2) is 10.8 Å². The number of aryl methyl sites for hydroxylation is 1. The first kappa shape index (κ1) is 14.5. The molecule has 0 aliphatic carbocycles. The van der Waals surface area contributed by atoms with Gasteiger partial charge < -0.3 is 10.1 Å². The fourth-order valence-electron chi connectivity index (χ4n) is 3.48. The predicted octanol–water partition coefficient (Wildman–Crippen LogP) is 4.07. The van der Waals surface area contributed by atoms with Gasteiger partial charge in [-0.1, -0.05) is 17.7 Å². The summed E-state index contributed by atoms with van der Waals surface area (Å²) < 4.78 is 19.6. The summed E-state index contributed by atoms with van der Waals surface area (Å²) >= 11 is 5.57. The van der Waals surface area contributed by atoms with E-state index in [4.69, 9.17) is 17.0 Å². The van der Waals surface area contributed by atoms with Crippen molar-refractivity contribution >= 4 is 23.0 Å². The topological polar surface area (TPSA) is 24.5 Å². The molecule has 118 valence electrons. The first-order chi connectivity index (χ1) is 11.0. The monoisotopic (exact) mass is 328 g/mol. The summed E-state index contributed by atoms with van der Waals surface area (Å²) in [6.07, 6.45) is 0.765. The summed E-state index contributed by atoms with van der Waals surface area (Å²) in [6.45, 7) is 4.10. The molecule has 3 nitrogen and oxygen atoms in total. The lowest BCUT2D eigenvalue weighted by Crippen LogP contribution is -2.65. The summed E-state index contributed by atoms with van der Waals surface area (Å²) in [4.78, 5) is 1.93. The van der Waals surface area contributed by atoms with Crippen LogP contribution in [0, 0.1) is 12.7 Å². The van der Waals surface area contributed by atoms with Crippen molar-refractivity contribution < 1.29 is 9.13 Å². The first-order valence-corrected chi connectivity index (χ1v) is 8.03. The van der Waals surface area contributed by atoms with Gasteiger partial charge in [0.25, 0.3) is 0 Å². The highest BCUT2D eigenvalue weighted by Crippen LogP contribution is 2.45. The summed E-state index contributed by atoms with van der Waals surface area (Å²) in [5, 5.41) is 4.00. The van der Waals surface area contributed by atoms with Crippen LogP contribution in [0.4, 0.5) is 10.1 Å². The smallest absolute Gasteiger partial charge is 0.188 e. The number of benzene rings is 2. The van der Waals surface area contributed by atoms with E-state index in [2.05, 4.69) is 18.3 Å². The van der Waals surface area contributed by atoms with Crippen LogP contribution in [-0.4, -0.2) is 10.8 Å². The Bertz CT molecular complexity index is 792. The number of hydrogen-bond donors (Lipinski definition) is 1. The Morgan fingerprint density at radius 1 is 1.26 bits per heavy atom. The second-order valence-corrected chi connectivity index (χ2v) is 6.72. The molecule has 0 radical (unpaired) electrons. The van der Waals surface area contributed by atoms with Crippen LogP contribution < -0.4 is 15.0 Å². The lowest BCUT2D eigenvalue weighted by Gasteiger charge is -2.52. The Hall–Kier alpha value is -2.14. The molecule has 4 rings (SSSR count). The van der Waals surface area contributed by atoms with Crippen molar-refractivity contribution in [3.63, 3.8) is 0 Å². The molecule has 2 aliphatic heterocycles. The van der Waals surface area contributed by atoms with Gasteiger partial charge in [0.1, 0.15) is 11.6 Å². The highest BCUT2D eigenvalue weighted by Gasteiger charge is 2.48. The van der Waals surface area contributed by atoms with Crippen molar-refractivity contribution in [2.24, 2.45) is 0 Å². The Kier molecular flexibility index (Phi) is 3.10. The molecule has 2 aromatic carbocycles. The number of fused-ring (bicyclic) bond motifs is 4. The number of halogens is 1. The summed E-state index contributed by atoms with van der Waals surface area (Å²) in [7, 11) is 0. The van der Waals surface area contributed by atoms with Crippen molar-refractivity contribution in [3.8, 4) is 5.75 Å². The van der Waals surface area contributed by atoms with E-state index in [1.54, 1.807) is 12.1 Å². The molecule has 5 heteroatoms. The van der Waals surface area contributed by atoms with Crippen LogP contribution in [-0.2, 0) is 0 Å². The Balaban J connectivity index is 1.79. The third-order valence-electron chi connectivity index (χ3n) is 4.51. The molecule has 23 heavy (non-hydrogen) atoms. The van der Waals surface area contributed by atoms with Crippen LogP contribution in [0.25, 0.3) is 0 Å².